The summed E-state index contributed by atoms with van der Waals surface area (Å²) in [5, 5.41) is 13.5. The van der Waals surface area contributed by atoms with Crippen LogP contribution in [0.15, 0.2) is 29.4 Å². The number of hydrogen-bond donors (Lipinski definition) is 3. The summed E-state index contributed by atoms with van der Waals surface area (Å²) >= 11 is 1.34. The van der Waals surface area contributed by atoms with E-state index in [9.17, 15) is 9.59 Å². The number of rotatable bonds is 6. The number of fused-ring (bicyclic) bond motifs is 2. The topological polar surface area (TPSA) is 99.8 Å². The molecule has 7 nitrogen and oxygen atoms in total. The van der Waals surface area contributed by atoms with Gasteiger partial charge >= 0.3 is 0 Å². The van der Waals surface area contributed by atoms with Gasteiger partial charge in [0.1, 0.15) is 0 Å². The van der Waals surface area contributed by atoms with Crippen LogP contribution in [0, 0.1) is 11.8 Å². The summed E-state index contributed by atoms with van der Waals surface area (Å²) in [6.45, 7) is 1.47. The molecule has 0 aliphatic heterocycles. The molecule has 2 saturated carbocycles. The number of carbonyl (C=O) groups excluding carboxylic acids is 2. The predicted molar refractivity (Wildman–Crippen MR) is 104 cm³/mol. The molecule has 2 amide bonds. The average Bonchev–Trinajstić information content (AvgIpc) is 3.37. The third-order valence-corrected chi connectivity index (χ3v) is 6.21. The van der Waals surface area contributed by atoms with Gasteiger partial charge in [-0.05, 0) is 55.4 Å². The zero-order valence-corrected chi connectivity index (χ0v) is 16.0. The number of hydrogen-bond acceptors (Lipinski definition) is 5. The summed E-state index contributed by atoms with van der Waals surface area (Å²) in [6, 6.07) is 7.72. The Hall–Kier alpha value is -2.35. The minimum atomic E-state index is -0.107. The van der Waals surface area contributed by atoms with E-state index in [2.05, 4.69) is 25.8 Å². The van der Waals surface area contributed by atoms with Crippen molar-refractivity contribution in [2.45, 2.75) is 43.8 Å². The minimum absolute atomic E-state index is 0.0589. The van der Waals surface area contributed by atoms with Crippen molar-refractivity contribution in [1.29, 1.82) is 0 Å². The second-order valence-corrected chi connectivity index (χ2v) is 8.31. The highest BCUT2D eigenvalue weighted by Gasteiger charge is 2.39. The standard InChI is InChI=1S/C19H23N5O2S/c1-11(25)20-15-6-4-13(5-7-15)18-22-19(24-23-18)27-10-17(26)21-16-9-12-2-3-14(16)8-12/h4-7,12,14,16H,2-3,8-10H2,1H3,(H,20,25)(H,21,26)(H,22,23,24)/t12-,14-,16-/m1/s1. The smallest absolute Gasteiger partial charge is 0.230 e. The van der Waals surface area contributed by atoms with E-state index in [1.165, 1.54) is 37.9 Å². The zero-order chi connectivity index (χ0) is 18.8. The Bertz CT molecular complexity index is 835. The summed E-state index contributed by atoms with van der Waals surface area (Å²) in [6.07, 6.45) is 5.01. The molecule has 142 valence electrons. The first kappa shape index (κ1) is 18.0. The van der Waals surface area contributed by atoms with Gasteiger partial charge < -0.3 is 10.6 Å². The minimum Gasteiger partial charge on any atom is -0.352 e. The Labute approximate surface area is 162 Å². The van der Waals surface area contributed by atoms with Crippen molar-refractivity contribution in [3.05, 3.63) is 24.3 Å². The molecule has 3 N–H and O–H groups in total. The third-order valence-electron chi connectivity index (χ3n) is 5.36. The number of H-pyrrole nitrogens is 1. The number of nitrogens with zero attached hydrogens (tertiary/aromatic N) is 2. The van der Waals surface area contributed by atoms with E-state index in [0.717, 1.165) is 23.6 Å². The van der Waals surface area contributed by atoms with E-state index in [1.54, 1.807) is 0 Å². The molecule has 0 unspecified atom stereocenters. The van der Waals surface area contributed by atoms with Gasteiger partial charge in [-0.3, -0.25) is 14.7 Å². The number of anilines is 1. The number of benzene rings is 1. The van der Waals surface area contributed by atoms with Crippen LogP contribution in [0.1, 0.15) is 32.6 Å². The molecule has 8 heteroatoms. The first-order chi connectivity index (χ1) is 13.1. The summed E-state index contributed by atoms with van der Waals surface area (Å²) < 4.78 is 0. The Morgan fingerprint density at radius 2 is 2.04 bits per heavy atom. The molecule has 2 bridgehead atoms. The van der Waals surface area contributed by atoms with Crippen molar-refractivity contribution in [3.63, 3.8) is 0 Å². The van der Waals surface area contributed by atoms with E-state index in [4.69, 9.17) is 0 Å². The molecule has 3 atom stereocenters. The third kappa shape index (κ3) is 4.32. The number of nitrogens with one attached hydrogen (secondary N) is 3. The van der Waals surface area contributed by atoms with Gasteiger partial charge in [0.15, 0.2) is 5.82 Å². The fourth-order valence-corrected chi connectivity index (χ4v) is 4.76. The largest absolute Gasteiger partial charge is 0.352 e. The molecule has 2 aromatic rings. The quantitative estimate of drug-likeness (QED) is 0.664. The molecule has 1 aromatic heterocycles. The van der Waals surface area contributed by atoms with Crippen molar-refractivity contribution >= 4 is 29.3 Å². The van der Waals surface area contributed by atoms with E-state index in [1.807, 2.05) is 24.3 Å². The molecule has 2 fully saturated rings. The van der Waals surface area contributed by atoms with Crippen molar-refractivity contribution in [1.82, 2.24) is 20.5 Å². The molecule has 2 aliphatic carbocycles. The van der Waals surface area contributed by atoms with Crippen LogP contribution in [0.4, 0.5) is 5.69 Å². The summed E-state index contributed by atoms with van der Waals surface area (Å²) in [5.41, 5.74) is 1.60. The van der Waals surface area contributed by atoms with Crippen LogP contribution >= 0.6 is 11.8 Å². The lowest BCUT2D eigenvalue weighted by Gasteiger charge is -2.22. The number of amides is 2. The van der Waals surface area contributed by atoms with Crippen LogP contribution < -0.4 is 10.6 Å². The predicted octanol–water partition coefficient (Wildman–Crippen LogP) is 2.83. The van der Waals surface area contributed by atoms with Gasteiger partial charge in [0.2, 0.25) is 17.0 Å². The van der Waals surface area contributed by atoms with Crippen molar-refractivity contribution in [3.8, 4) is 11.4 Å². The van der Waals surface area contributed by atoms with Gasteiger partial charge in [0, 0.05) is 24.2 Å². The lowest BCUT2D eigenvalue weighted by molar-refractivity contribution is -0.119. The van der Waals surface area contributed by atoms with Crippen LogP contribution in [0.5, 0.6) is 0 Å². The monoisotopic (exact) mass is 385 g/mol. The van der Waals surface area contributed by atoms with Gasteiger partial charge in [0.25, 0.3) is 0 Å². The van der Waals surface area contributed by atoms with Gasteiger partial charge in [0.05, 0.1) is 5.75 Å². The Morgan fingerprint density at radius 3 is 2.70 bits per heavy atom. The average molecular weight is 385 g/mol. The summed E-state index contributed by atoms with van der Waals surface area (Å²) in [4.78, 5) is 27.7. The normalized spacial score (nSPS) is 23.4. The number of aromatic nitrogens is 3. The maximum atomic E-state index is 12.2. The maximum Gasteiger partial charge on any atom is 0.230 e. The molecule has 0 saturated heterocycles. The van der Waals surface area contributed by atoms with Crippen molar-refractivity contribution < 1.29 is 9.59 Å². The fraction of sp³-hybridized carbons (Fsp3) is 0.474. The number of carbonyl (C=O) groups is 2. The zero-order valence-electron chi connectivity index (χ0n) is 15.2. The highest BCUT2D eigenvalue weighted by Crippen LogP contribution is 2.44. The Morgan fingerprint density at radius 1 is 1.22 bits per heavy atom. The first-order valence-corrected chi connectivity index (χ1v) is 10.3. The SMILES string of the molecule is CC(=O)Nc1ccc(-c2nc(SCC(=O)N[C@@H]3C[C@@H]4CC[C@@H]3C4)n[nH]2)cc1. The molecule has 4 rings (SSSR count). The van der Waals surface area contributed by atoms with E-state index in [-0.39, 0.29) is 11.8 Å². The molecule has 27 heavy (non-hydrogen) atoms. The highest BCUT2D eigenvalue weighted by molar-refractivity contribution is 7.99. The van der Waals surface area contributed by atoms with Crippen LogP contribution in [0.25, 0.3) is 11.4 Å². The van der Waals surface area contributed by atoms with E-state index < -0.39 is 0 Å². The summed E-state index contributed by atoms with van der Waals surface area (Å²) in [7, 11) is 0. The van der Waals surface area contributed by atoms with Crippen LogP contribution in [-0.2, 0) is 9.59 Å². The fourth-order valence-electron chi connectivity index (χ4n) is 4.15. The summed E-state index contributed by atoms with van der Waals surface area (Å²) in [5.74, 6) is 2.42. The number of aromatic amines is 1. The second kappa shape index (κ2) is 7.72. The van der Waals surface area contributed by atoms with Gasteiger partial charge in [-0.15, -0.1) is 5.10 Å². The number of thioether (sulfide) groups is 1. The molecular weight excluding hydrogens is 362 g/mol. The molecular formula is C19H23N5O2S. The molecule has 0 radical (unpaired) electrons. The highest BCUT2D eigenvalue weighted by atomic mass is 32.2. The van der Waals surface area contributed by atoms with E-state index in [0.29, 0.717) is 28.7 Å². The second-order valence-electron chi connectivity index (χ2n) is 7.36. The lowest BCUT2D eigenvalue weighted by Crippen LogP contribution is -2.39. The van der Waals surface area contributed by atoms with Gasteiger partial charge in [-0.2, -0.15) is 0 Å². The first-order valence-electron chi connectivity index (χ1n) is 9.29. The van der Waals surface area contributed by atoms with Crippen LogP contribution in [0.2, 0.25) is 0 Å². The van der Waals surface area contributed by atoms with Crippen LogP contribution in [0.3, 0.4) is 0 Å². The molecule has 0 spiro atoms. The van der Waals surface area contributed by atoms with Gasteiger partial charge in [-0.25, -0.2) is 4.98 Å². The van der Waals surface area contributed by atoms with Crippen molar-refractivity contribution in [2.24, 2.45) is 11.8 Å². The Balaban J connectivity index is 1.29. The van der Waals surface area contributed by atoms with Crippen LogP contribution in [-0.4, -0.2) is 38.8 Å². The molecule has 1 aromatic carbocycles. The maximum absolute atomic E-state index is 12.2. The molecule has 2 aliphatic rings. The lowest BCUT2D eigenvalue weighted by atomic mass is 9.95. The van der Waals surface area contributed by atoms with E-state index >= 15 is 0 Å². The van der Waals surface area contributed by atoms with Crippen molar-refractivity contribution in [2.75, 3.05) is 11.1 Å². The molecule has 1 heterocycles. The van der Waals surface area contributed by atoms with Gasteiger partial charge in [-0.1, -0.05) is 18.2 Å². The Kier molecular flexibility index (Phi) is 5.15.